The van der Waals surface area contributed by atoms with Gasteiger partial charge in [0.15, 0.2) is 0 Å². The summed E-state index contributed by atoms with van der Waals surface area (Å²) in [7, 11) is 0. The van der Waals surface area contributed by atoms with Crippen molar-refractivity contribution < 1.29 is 9.84 Å². The zero-order valence-electron chi connectivity index (χ0n) is 14.9. The monoisotopic (exact) mass is 372 g/mol. The van der Waals surface area contributed by atoms with Crippen LogP contribution in [0.25, 0.3) is 0 Å². The number of ether oxygens (including phenoxy) is 1. The van der Waals surface area contributed by atoms with Crippen LogP contribution in [-0.2, 0) is 6.42 Å². The van der Waals surface area contributed by atoms with Crippen LogP contribution in [0.1, 0.15) is 12.0 Å². The fraction of sp³-hybridized carbons (Fsp3) is 0.429. The Morgan fingerprint density at radius 2 is 1.92 bits per heavy atom. The van der Waals surface area contributed by atoms with Crippen LogP contribution in [0.3, 0.4) is 0 Å². The lowest BCUT2D eigenvalue weighted by Gasteiger charge is -2.46. The maximum atomic E-state index is 10.4. The Bertz CT molecular complexity index is 737. The molecule has 4 nitrogen and oxygen atoms in total. The number of aliphatic hydroxyl groups excluding tert-OH is 1. The lowest BCUT2D eigenvalue weighted by Crippen LogP contribution is -2.56. The number of rotatable bonds is 5. The van der Waals surface area contributed by atoms with Crippen molar-refractivity contribution in [2.24, 2.45) is 0 Å². The van der Waals surface area contributed by atoms with Crippen molar-refractivity contribution in [3.63, 3.8) is 0 Å². The summed E-state index contributed by atoms with van der Waals surface area (Å²) in [5, 5.41) is 11.0. The van der Waals surface area contributed by atoms with Crippen molar-refractivity contribution >= 4 is 17.3 Å². The second-order valence-corrected chi connectivity index (χ2v) is 7.63. The fourth-order valence-corrected chi connectivity index (χ4v) is 4.17. The fourth-order valence-electron chi connectivity index (χ4n) is 4.05. The molecule has 2 aliphatic heterocycles. The highest BCUT2D eigenvalue weighted by Gasteiger charge is 2.31. The number of hydrogen-bond acceptors (Lipinski definition) is 4. The van der Waals surface area contributed by atoms with Gasteiger partial charge in [-0.15, -0.1) is 0 Å². The number of anilines is 1. The Morgan fingerprint density at radius 3 is 2.77 bits per heavy atom. The normalized spacial score (nSPS) is 21.0. The average Bonchev–Trinajstić information content (AvgIpc) is 2.67. The lowest BCUT2D eigenvalue weighted by molar-refractivity contribution is 0.0605. The van der Waals surface area contributed by atoms with Gasteiger partial charge in [0.05, 0.1) is 0 Å². The van der Waals surface area contributed by atoms with Crippen molar-refractivity contribution in [3.05, 3.63) is 59.1 Å². The Balaban J connectivity index is 1.28. The van der Waals surface area contributed by atoms with Crippen LogP contribution in [0.15, 0.2) is 48.5 Å². The molecule has 0 saturated carbocycles. The molecule has 26 heavy (non-hydrogen) atoms. The highest BCUT2D eigenvalue weighted by molar-refractivity contribution is 6.30. The van der Waals surface area contributed by atoms with Crippen LogP contribution >= 0.6 is 11.6 Å². The van der Waals surface area contributed by atoms with Gasteiger partial charge in [0.1, 0.15) is 18.5 Å². The molecule has 5 heteroatoms. The molecule has 4 rings (SSSR count). The Morgan fingerprint density at radius 1 is 1.12 bits per heavy atom. The van der Waals surface area contributed by atoms with Crippen LogP contribution in [0, 0.1) is 0 Å². The quantitative estimate of drug-likeness (QED) is 0.874. The average molecular weight is 373 g/mol. The number of halogens is 1. The minimum absolute atomic E-state index is 0.301. The third kappa shape index (κ3) is 3.98. The second-order valence-electron chi connectivity index (χ2n) is 7.19. The largest absolute Gasteiger partial charge is 0.491 e. The number of para-hydroxylation sites is 1. The van der Waals surface area contributed by atoms with Crippen LogP contribution in [0.2, 0.25) is 5.02 Å². The molecule has 2 aliphatic rings. The predicted molar refractivity (Wildman–Crippen MR) is 105 cm³/mol. The van der Waals surface area contributed by atoms with Crippen LogP contribution in [-0.4, -0.2) is 54.9 Å². The Labute approximate surface area is 159 Å². The van der Waals surface area contributed by atoms with E-state index in [1.165, 1.54) is 17.7 Å². The van der Waals surface area contributed by atoms with Gasteiger partial charge in [-0.3, -0.25) is 4.90 Å². The molecule has 1 N–H and O–H groups in total. The first kappa shape index (κ1) is 17.7. The highest BCUT2D eigenvalue weighted by Crippen LogP contribution is 2.32. The van der Waals surface area contributed by atoms with Gasteiger partial charge in [-0.25, -0.2) is 0 Å². The molecule has 2 atom stereocenters. The van der Waals surface area contributed by atoms with Gasteiger partial charge >= 0.3 is 0 Å². The Hall–Kier alpha value is -1.75. The summed E-state index contributed by atoms with van der Waals surface area (Å²) >= 11 is 5.88. The molecule has 0 bridgehead atoms. The first-order valence-electron chi connectivity index (χ1n) is 9.32. The molecule has 2 aromatic carbocycles. The number of fused-ring (bicyclic) bond motifs is 3. The molecule has 2 aromatic rings. The number of benzene rings is 2. The van der Waals surface area contributed by atoms with Crippen LogP contribution in [0.4, 0.5) is 5.69 Å². The minimum Gasteiger partial charge on any atom is -0.491 e. The molecular weight excluding hydrogens is 348 g/mol. The summed E-state index contributed by atoms with van der Waals surface area (Å²) in [6.07, 6.45) is 1.84. The van der Waals surface area contributed by atoms with Crippen LogP contribution in [0.5, 0.6) is 5.75 Å². The van der Waals surface area contributed by atoms with E-state index < -0.39 is 6.10 Å². The third-order valence-electron chi connectivity index (χ3n) is 5.34. The summed E-state index contributed by atoms with van der Waals surface area (Å²) in [5.41, 5.74) is 2.86. The van der Waals surface area contributed by atoms with Crippen molar-refractivity contribution in [1.29, 1.82) is 0 Å². The molecule has 0 radical (unpaired) electrons. The summed E-state index contributed by atoms with van der Waals surface area (Å²) in [5.74, 6) is 0.738. The molecule has 0 amide bonds. The van der Waals surface area contributed by atoms with E-state index in [1.807, 2.05) is 12.1 Å². The standard InChI is InChI=1S/C21H25ClN2O2/c22-17-6-9-20(10-7-17)26-15-19(25)14-23-11-12-24-18(13-23)8-5-16-3-1-2-4-21(16)24/h1-4,6-7,9-10,18-19,25H,5,8,11-15H2. The molecule has 0 aromatic heterocycles. The van der Waals surface area contributed by atoms with Crippen molar-refractivity contribution in [2.75, 3.05) is 37.7 Å². The zero-order chi connectivity index (χ0) is 17.9. The van der Waals surface area contributed by atoms with E-state index in [0.29, 0.717) is 24.2 Å². The number of piperazine rings is 1. The molecule has 1 saturated heterocycles. The molecule has 0 spiro atoms. The van der Waals surface area contributed by atoms with E-state index >= 15 is 0 Å². The molecule has 2 heterocycles. The number of hydrogen-bond donors (Lipinski definition) is 1. The van der Waals surface area contributed by atoms with E-state index in [-0.39, 0.29) is 0 Å². The van der Waals surface area contributed by atoms with Crippen molar-refractivity contribution in [1.82, 2.24) is 4.90 Å². The van der Waals surface area contributed by atoms with Gasteiger partial charge < -0.3 is 14.7 Å². The summed E-state index contributed by atoms with van der Waals surface area (Å²) < 4.78 is 5.67. The molecule has 0 aliphatic carbocycles. The molecule has 138 valence electrons. The number of aryl methyl sites for hydroxylation is 1. The van der Waals surface area contributed by atoms with Crippen LogP contribution < -0.4 is 9.64 Å². The molecular formula is C21H25ClN2O2. The topological polar surface area (TPSA) is 35.9 Å². The highest BCUT2D eigenvalue weighted by atomic mass is 35.5. The van der Waals surface area contributed by atoms with Gasteiger partial charge in [0.25, 0.3) is 0 Å². The maximum Gasteiger partial charge on any atom is 0.119 e. The predicted octanol–water partition coefficient (Wildman–Crippen LogP) is 3.22. The lowest BCUT2D eigenvalue weighted by atomic mass is 9.94. The van der Waals surface area contributed by atoms with E-state index in [1.54, 1.807) is 12.1 Å². The van der Waals surface area contributed by atoms with Gasteiger partial charge in [0, 0.05) is 42.9 Å². The Kier molecular flexibility index (Phi) is 5.34. The van der Waals surface area contributed by atoms with Gasteiger partial charge in [0.2, 0.25) is 0 Å². The first-order chi connectivity index (χ1) is 12.7. The second kappa shape index (κ2) is 7.87. The first-order valence-corrected chi connectivity index (χ1v) is 9.70. The minimum atomic E-state index is -0.492. The number of nitrogens with zero attached hydrogens (tertiary/aromatic N) is 2. The molecule has 2 unspecified atom stereocenters. The van der Waals surface area contributed by atoms with Gasteiger partial charge in [-0.2, -0.15) is 0 Å². The smallest absolute Gasteiger partial charge is 0.119 e. The SMILES string of the molecule is OC(COc1ccc(Cl)cc1)CN1CCN2c3ccccc3CCC2C1. The number of aliphatic hydroxyl groups is 1. The van der Waals surface area contributed by atoms with E-state index in [4.69, 9.17) is 16.3 Å². The third-order valence-corrected chi connectivity index (χ3v) is 5.59. The van der Waals surface area contributed by atoms with E-state index in [2.05, 4.69) is 34.1 Å². The summed E-state index contributed by atoms with van der Waals surface area (Å²) in [6, 6.07) is 16.5. The van der Waals surface area contributed by atoms with Crippen molar-refractivity contribution in [2.45, 2.75) is 25.0 Å². The van der Waals surface area contributed by atoms with E-state index in [0.717, 1.165) is 31.8 Å². The van der Waals surface area contributed by atoms with Gasteiger partial charge in [-0.1, -0.05) is 29.8 Å². The maximum absolute atomic E-state index is 10.4. The summed E-state index contributed by atoms with van der Waals surface area (Å²) in [4.78, 5) is 4.91. The van der Waals surface area contributed by atoms with E-state index in [9.17, 15) is 5.11 Å². The van der Waals surface area contributed by atoms with Crippen molar-refractivity contribution in [3.8, 4) is 5.75 Å². The zero-order valence-corrected chi connectivity index (χ0v) is 15.6. The van der Waals surface area contributed by atoms with Gasteiger partial charge in [-0.05, 0) is 48.7 Å². The summed E-state index contributed by atoms with van der Waals surface area (Å²) in [6.45, 7) is 3.95. The number of β-amino-alcohol motifs (C(OH)–C–C–N with tert-alkyl or cyclic N) is 1. The molecule has 1 fully saturated rings.